The van der Waals surface area contributed by atoms with E-state index in [1.54, 1.807) is 23.1 Å². The number of halogens is 6. The summed E-state index contributed by atoms with van der Waals surface area (Å²) in [5, 5.41) is 3.29. The van der Waals surface area contributed by atoms with Crippen molar-refractivity contribution >= 4 is 29.3 Å². The Hall–Kier alpha value is -3.37. The number of carbonyl (C=O) groups excluding carboxylic acids is 2. The molecule has 2 aromatic carbocycles. The van der Waals surface area contributed by atoms with Crippen molar-refractivity contribution in [2.45, 2.75) is 48.0 Å². The molecule has 2 aliphatic heterocycles. The highest BCUT2D eigenvalue weighted by atomic mass is 32.2. The Morgan fingerprint density at radius 1 is 0.927 bits per heavy atom. The van der Waals surface area contributed by atoms with Gasteiger partial charge in [-0.25, -0.2) is 0 Å². The number of nitrogens with one attached hydrogen (secondary N) is 1. The van der Waals surface area contributed by atoms with Crippen molar-refractivity contribution in [3.05, 3.63) is 53.1 Å². The number of piperidine rings is 1. The number of hydrogen-bond acceptors (Lipinski definition) is 5. The fourth-order valence-corrected chi connectivity index (χ4v) is 5.71. The predicted octanol–water partition coefficient (Wildman–Crippen LogP) is 5.51. The summed E-state index contributed by atoms with van der Waals surface area (Å²) in [4.78, 5) is 26.5. The van der Waals surface area contributed by atoms with E-state index in [1.807, 2.05) is 5.92 Å². The summed E-state index contributed by atoms with van der Waals surface area (Å²) >= 11 is 0.558. The van der Waals surface area contributed by atoms with Crippen molar-refractivity contribution in [2.75, 3.05) is 44.7 Å². The van der Waals surface area contributed by atoms with E-state index in [4.69, 9.17) is 4.74 Å². The van der Waals surface area contributed by atoms with Crippen LogP contribution in [0.25, 0.3) is 0 Å². The first-order chi connectivity index (χ1) is 19.3. The monoisotopic (exact) mass is 599 g/mol. The van der Waals surface area contributed by atoms with Gasteiger partial charge in [0, 0.05) is 66.1 Å². The first-order valence-electron chi connectivity index (χ1n) is 12.8. The number of nitrogens with zero attached hydrogens (tertiary/aromatic N) is 2. The molecule has 2 heterocycles. The molecule has 13 heteroatoms. The van der Waals surface area contributed by atoms with Gasteiger partial charge in [0.05, 0.1) is 24.3 Å². The Morgan fingerprint density at radius 2 is 1.59 bits per heavy atom. The van der Waals surface area contributed by atoms with E-state index in [0.29, 0.717) is 48.3 Å². The zero-order chi connectivity index (χ0) is 29.8. The predicted molar refractivity (Wildman–Crippen MR) is 140 cm³/mol. The highest BCUT2D eigenvalue weighted by molar-refractivity contribution is 7.99. The second kappa shape index (κ2) is 12.7. The van der Waals surface area contributed by atoms with Crippen LogP contribution < -0.4 is 5.32 Å². The molecule has 220 valence electrons. The van der Waals surface area contributed by atoms with Gasteiger partial charge in [0.25, 0.3) is 5.91 Å². The number of anilines is 1. The minimum absolute atomic E-state index is 0.0127. The van der Waals surface area contributed by atoms with E-state index in [0.717, 1.165) is 12.1 Å². The van der Waals surface area contributed by atoms with Gasteiger partial charge >= 0.3 is 12.4 Å². The van der Waals surface area contributed by atoms with Gasteiger partial charge in [0.1, 0.15) is 0 Å². The summed E-state index contributed by atoms with van der Waals surface area (Å²) in [7, 11) is 0. The normalized spacial score (nSPS) is 16.7. The van der Waals surface area contributed by atoms with Crippen LogP contribution in [0.15, 0.2) is 46.2 Å². The molecule has 41 heavy (non-hydrogen) atoms. The SMILES string of the molecule is CC(=O)N1CCC(Nc2cccc(Sc3ccc(C#CC(=O)N4CCOCC4)c(C(F)(F)F)c3C(F)(F)F)c2)CC1. The third-order valence-corrected chi connectivity index (χ3v) is 7.76. The molecule has 0 aromatic heterocycles. The van der Waals surface area contributed by atoms with Gasteiger partial charge < -0.3 is 19.9 Å². The molecule has 2 amide bonds. The van der Waals surface area contributed by atoms with Gasteiger partial charge in [-0.1, -0.05) is 23.7 Å². The van der Waals surface area contributed by atoms with Crippen LogP contribution in [0, 0.1) is 11.8 Å². The molecule has 6 nitrogen and oxygen atoms in total. The largest absolute Gasteiger partial charge is 0.418 e. The highest BCUT2D eigenvalue weighted by Crippen LogP contribution is 2.47. The number of amides is 2. The number of hydrogen-bond donors (Lipinski definition) is 1. The van der Waals surface area contributed by atoms with Crippen LogP contribution in [0.2, 0.25) is 0 Å². The number of rotatable bonds is 4. The maximum absolute atomic E-state index is 14.2. The molecule has 2 aliphatic rings. The zero-order valence-corrected chi connectivity index (χ0v) is 22.8. The van der Waals surface area contributed by atoms with E-state index in [2.05, 4.69) is 11.2 Å². The molecule has 0 radical (unpaired) electrons. The molecule has 2 saturated heterocycles. The molecule has 0 saturated carbocycles. The molecule has 0 aliphatic carbocycles. The Kier molecular flexibility index (Phi) is 9.44. The Morgan fingerprint density at radius 3 is 2.20 bits per heavy atom. The van der Waals surface area contributed by atoms with Crippen molar-refractivity contribution in [2.24, 2.45) is 0 Å². The first-order valence-corrected chi connectivity index (χ1v) is 13.6. The average Bonchev–Trinajstić information content (AvgIpc) is 2.91. The van der Waals surface area contributed by atoms with Gasteiger partial charge in [-0.05, 0) is 43.2 Å². The fourth-order valence-electron chi connectivity index (χ4n) is 4.67. The van der Waals surface area contributed by atoms with E-state index in [-0.39, 0.29) is 38.3 Å². The van der Waals surface area contributed by atoms with E-state index in [9.17, 15) is 35.9 Å². The van der Waals surface area contributed by atoms with Gasteiger partial charge in [-0.3, -0.25) is 9.59 Å². The molecule has 0 atom stereocenters. The van der Waals surface area contributed by atoms with Crippen LogP contribution in [-0.2, 0) is 26.7 Å². The van der Waals surface area contributed by atoms with Crippen LogP contribution in [0.3, 0.4) is 0 Å². The Bertz CT molecular complexity index is 1340. The van der Waals surface area contributed by atoms with Crippen LogP contribution >= 0.6 is 11.8 Å². The summed E-state index contributed by atoms with van der Waals surface area (Å²) in [6.45, 7) is 3.50. The number of likely N-dealkylation sites (tertiary alicyclic amines) is 1. The quantitative estimate of drug-likeness (QED) is 0.371. The van der Waals surface area contributed by atoms with E-state index >= 15 is 0 Å². The third kappa shape index (κ3) is 7.89. The summed E-state index contributed by atoms with van der Waals surface area (Å²) in [6.07, 6.45) is -9.37. The van der Waals surface area contributed by atoms with Crippen molar-refractivity contribution < 1.29 is 40.7 Å². The molecule has 2 aromatic rings. The smallest absolute Gasteiger partial charge is 0.382 e. The molecule has 1 N–H and O–H groups in total. The average molecular weight is 600 g/mol. The van der Waals surface area contributed by atoms with Crippen molar-refractivity contribution in [1.29, 1.82) is 0 Å². The zero-order valence-electron chi connectivity index (χ0n) is 22.0. The molecule has 2 fully saturated rings. The second-order valence-corrected chi connectivity index (χ2v) is 10.7. The minimum atomic E-state index is -5.38. The van der Waals surface area contributed by atoms with Crippen molar-refractivity contribution in [3.8, 4) is 11.8 Å². The lowest BCUT2D eigenvalue weighted by atomic mass is 10.00. The maximum atomic E-state index is 14.2. The number of benzene rings is 2. The number of morpholine rings is 1. The van der Waals surface area contributed by atoms with Crippen LogP contribution in [0.4, 0.5) is 32.0 Å². The maximum Gasteiger partial charge on any atom is 0.418 e. The summed E-state index contributed by atoms with van der Waals surface area (Å²) in [5.74, 6) is 3.30. The number of ether oxygens (including phenoxy) is 1. The van der Waals surface area contributed by atoms with E-state index in [1.165, 1.54) is 17.9 Å². The van der Waals surface area contributed by atoms with Crippen molar-refractivity contribution in [1.82, 2.24) is 9.80 Å². The third-order valence-electron chi connectivity index (χ3n) is 6.71. The molecule has 4 rings (SSSR count). The Balaban J connectivity index is 1.62. The molecular weight excluding hydrogens is 572 g/mol. The molecule has 0 spiro atoms. The Labute approximate surface area is 237 Å². The number of carbonyl (C=O) groups is 2. The summed E-state index contributed by atoms with van der Waals surface area (Å²) < 4.78 is 90.1. The molecular formula is C28H27F6N3O3S. The summed E-state index contributed by atoms with van der Waals surface area (Å²) in [5.41, 5.74) is -4.10. The first kappa shape index (κ1) is 30.6. The van der Waals surface area contributed by atoms with Gasteiger partial charge in [0.15, 0.2) is 0 Å². The fraction of sp³-hybridized carbons (Fsp3) is 0.429. The lowest BCUT2D eigenvalue weighted by Crippen LogP contribution is -2.41. The molecule has 0 unspecified atom stereocenters. The standard InChI is InChI=1S/C28H27F6N3O3S/c1-18(38)36-11-9-20(10-12-36)35-21-3-2-4-22(17-21)41-23-7-5-19(6-8-24(39)37-13-15-40-16-14-37)25(27(29,30)31)26(23)28(32,33)34/h2-5,7,17,20,35H,9-16H2,1H3. The lowest BCUT2D eigenvalue weighted by Gasteiger charge is -2.32. The van der Waals surface area contributed by atoms with Crippen LogP contribution in [0.1, 0.15) is 36.5 Å². The minimum Gasteiger partial charge on any atom is -0.382 e. The van der Waals surface area contributed by atoms with Crippen molar-refractivity contribution in [3.63, 3.8) is 0 Å². The van der Waals surface area contributed by atoms with Gasteiger partial charge in [-0.15, -0.1) is 0 Å². The van der Waals surface area contributed by atoms with Crippen LogP contribution in [-0.4, -0.2) is 67.0 Å². The van der Waals surface area contributed by atoms with Crippen LogP contribution in [0.5, 0.6) is 0 Å². The lowest BCUT2D eigenvalue weighted by molar-refractivity contribution is -0.163. The number of alkyl halides is 6. The highest BCUT2D eigenvalue weighted by Gasteiger charge is 2.46. The topological polar surface area (TPSA) is 61.9 Å². The van der Waals surface area contributed by atoms with Gasteiger partial charge in [-0.2, -0.15) is 26.3 Å². The second-order valence-electron chi connectivity index (χ2n) is 9.57. The molecule has 0 bridgehead atoms. The van der Waals surface area contributed by atoms with Gasteiger partial charge in [0.2, 0.25) is 5.91 Å². The van der Waals surface area contributed by atoms with E-state index < -0.39 is 39.8 Å². The summed E-state index contributed by atoms with van der Waals surface area (Å²) in [6, 6.07) is 8.25.